The number of hydrogen-bond acceptors (Lipinski definition) is 2. The van der Waals surface area contributed by atoms with Crippen LogP contribution < -0.4 is 5.56 Å². The van der Waals surface area contributed by atoms with Gasteiger partial charge in [0.1, 0.15) is 11.0 Å². The Bertz CT molecular complexity index is 695. The average Bonchev–Trinajstić information content (AvgIpc) is 2.36. The van der Waals surface area contributed by atoms with Crippen molar-refractivity contribution in [2.24, 2.45) is 0 Å². The summed E-state index contributed by atoms with van der Waals surface area (Å²) in [5, 5.41) is 1.16. The van der Waals surface area contributed by atoms with E-state index in [4.69, 9.17) is 34.8 Å². The second-order valence-corrected chi connectivity index (χ2v) is 5.97. The van der Waals surface area contributed by atoms with E-state index in [1.165, 1.54) is 6.07 Å². The quantitative estimate of drug-likeness (QED) is 0.783. The minimum atomic E-state index is -0.181. The minimum Gasteiger partial charge on any atom is -0.292 e. The summed E-state index contributed by atoms with van der Waals surface area (Å²) in [6.45, 7) is 4.31. The van der Waals surface area contributed by atoms with Crippen molar-refractivity contribution < 1.29 is 0 Å². The highest BCUT2D eigenvalue weighted by Gasteiger charge is 2.12. The van der Waals surface area contributed by atoms with Crippen molar-refractivity contribution in [3.05, 3.63) is 61.2 Å². The summed E-state index contributed by atoms with van der Waals surface area (Å²) < 4.78 is 1.59. The highest BCUT2D eigenvalue weighted by atomic mass is 35.5. The fourth-order valence-electron chi connectivity index (χ4n) is 1.92. The molecule has 6 heteroatoms. The molecule has 2 aromatic rings. The highest BCUT2D eigenvalue weighted by molar-refractivity contribution is 6.42. The van der Waals surface area contributed by atoms with Crippen LogP contribution in [0.15, 0.2) is 29.1 Å². The van der Waals surface area contributed by atoms with Gasteiger partial charge in [0.2, 0.25) is 0 Å². The Morgan fingerprint density at radius 1 is 1.15 bits per heavy atom. The predicted octanol–water partition coefficient (Wildman–Crippen LogP) is 4.38. The molecule has 0 N–H and O–H groups in total. The van der Waals surface area contributed by atoms with Crippen molar-refractivity contribution in [1.29, 1.82) is 0 Å². The molecular weight excluding hydrogens is 319 g/mol. The number of nitrogens with zero attached hydrogens (tertiary/aromatic N) is 2. The van der Waals surface area contributed by atoms with Crippen LogP contribution in [0.2, 0.25) is 15.2 Å². The SMILES string of the molecule is CC(C)c1nc(Cl)cc(=O)n1Cc1ccc(Cl)c(Cl)c1. The molecular formula is C14H13Cl3N2O. The lowest BCUT2D eigenvalue weighted by Crippen LogP contribution is -2.25. The van der Waals surface area contributed by atoms with Crippen molar-refractivity contribution in [2.75, 3.05) is 0 Å². The van der Waals surface area contributed by atoms with Gasteiger partial charge in [0.15, 0.2) is 0 Å². The van der Waals surface area contributed by atoms with Crippen LogP contribution in [0.3, 0.4) is 0 Å². The molecule has 0 aliphatic rings. The van der Waals surface area contributed by atoms with Crippen molar-refractivity contribution in [3.63, 3.8) is 0 Å². The van der Waals surface area contributed by atoms with Gasteiger partial charge in [0.05, 0.1) is 16.6 Å². The minimum absolute atomic E-state index is 0.0872. The third-order valence-corrected chi connectivity index (χ3v) is 3.78. The van der Waals surface area contributed by atoms with Gasteiger partial charge in [-0.15, -0.1) is 0 Å². The topological polar surface area (TPSA) is 34.9 Å². The van der Waals surface area contributed by atoms with Crippen LogP contribution in [0, 0.1) is 0 Å². The normalized spacial score (nSPS) is 11.1. The van der Waals surface area contributed by atoms with Gasteiger partial charge < -0.3 is 0 Å². The van der Waals surface area contributed by atoms with Crippen LogP contribution >= 0.6 is 34.8 Å². The van der Waals surface area contributed by atoms with Crippen LogP contribution in [-0.2, 0) is 6.54 Å². The zero-order valence-electron chi connectivity index (χ0n) is 11.0. The number of aromatic nitrogens is 2. The second kappa shape index (κ2) is 6.17. The van der Waals surface area contributed by atoms with Crippen molar-refractivity contribution in [2.45, 2.75) is 26.3 Å². The molecule has 0 aliphatic carbocycles. The first kappa shape index (κ1) is 15.4. The number of hydrogen-bond donors (Lipinski definition) is 0. The molecule has 0 atom stereocenters. The fourth-order valence-corrected chi connectivity index (χ4v) is 2.42. The number of halogens is 3. The van der Waals surface area contributed by atoms with E-state index in [1.54, 1.807) is 16.7 Å². The molecule has 2 rings (SSSR count). The highest BCUT2D eigenvalue weighted by Crippen LogP contribution is 2.23. The molecule has 0 unspecified atom stereocenters. The Labute approximate surface area is 132 Å². The van der Waals surface area contributed by atoms with E-state index >= 15 is 0 Å². The monoisotopic (exact) mass is 330 g/mol. The van der Waals surface area contributed by atoms with Gasteiger partial charge in [-0.1, -0.05) is 54.7 Å². The molecule has 106 valence electrons. The van der Waals surface area contributed by atoms with Crippen LogP contribution in [0.5, 0.6) is 0 Å². The summed E-state index contributed by atoms with van der Waals surface area (Å²) in [6, 6.07) is 6.60. The van der Waals surface area contributed by atoms with E-state index in [1.807, 2.05) is 19.9 Å². The van der Waals surface area contributed by atoms with Crippen LogP contribution in [0.25, 0.3) is 0 Å². The molecule has 1 aromatic carbocycles. The van der Waals surface area contributed by atoms with Gasteiger partial charge >= 0.3 is 0 Å². The first-order chi connectivity index (χ1) is 9.38. The Morgan fingerprint density at radius 3 is 2.45 bits per heavy atom. The molecule has 1 heterocycles. The molecule has 0 bridgehead atoms. The summed E-state index contributed by atoms with van der Waals surface area (Å²) in [7, 11) is 0. The summed E-state index contributed by atoms with van der Waals surface area (Å²) in [5.41, 5.74) is 0.701. The van der Waals surface area contributed by atoms with Crippen LogP contribution in [0.1, 0.15) is 31.2 Å². The molecule has 0 aliphatic heterocycles. The zero-order valence-corrected chi connectivity index (χ0v) is 13.3. The smallest absolute Gasteiger partial charge is 0.255 e. The second-order valence-electron chi connectivity index (χ2n) is 4.76. The van der Waals surface area contributed by atoms with Crippen molar-refractivity contribution >= 4 is 34.8 Å². The molecule has 3 nitrogen and oxygen atoms in total. The average molecular weight is 332 g/mol. The standard InChI is InChI=1S/C14H13Cl3N2O/c1-8(2)14-18-12(17)6-13(20)19(14)7-9-3-4-10(15)11(16)5-9/h3-6,8H,7H2,1-2H3. The lowest BCUT2D eigenvalue weighted by Gasteiger charge is -2.15. The number of rotatable bonds is 3. The Balaban J connectivity index is 2.47. The molecule has 0 spiro atoms. The predicted molar refractivity (Wildman–Crippen MR) is 83.2 cm³/mol. The van der Waals surface area contributed by atoms with E-state index in [9.17, 15) is 4.79 Å². The molecule has 0 saturated heterocycles. The summed E-state index contributed by atoms with van der Waals surface area (Å²) >= 11 is 17.7. The molecule has 20 heavy (non-hydrogen) atoms. The van der Waals surface area contributed by atoms with E-state index in [0.717, 1.165) is 5.56 Å². The Hall–Kier alpha value is -1.03. The fraction of sp³-hybridized carbons (Fsp3) is 0.286. The first-order valence-electron chi connectivity index (χ1n) is 6.09. The third-order valence-electron chi connectivity index (χ3n) is 2.85. The molecule has 1 aromatic heterocycles. The third kappa shape index (κ3) is 3.35. The Morgan fingerprint density at radius 2 is 1.85 bits per heavy atom. The van der Waals surface area contributed by atoms with Crippen molar-refractivity contribution in [1.82, 2.24) is 9.55 Å². The lowest BCUT2D eigenvalue weighted by molar-refractivity contribution is 0.625. The molecule has 0 saturated carbocycles. The summed E-state index contributed by atoms with van der Waals surface area (Å²) in [6.07, 6.45) is 0. The largest absolute Gasteiger partial charge is 0.292 e. The van der Waals surface area contributed by atoms with Gasteiger partial charge in [-0.3, -0.25) is 9.36 Å². The van der Waals surface area contributed by atoms with Crippen LogP contribution in [-0.4, -0.2) is 9.55 Å². The van der Waals surface area contributed by atoms with Gasteiger partial charge in [0.25, 0.3) is 5.56 Å². The van der Waals surface area contributed by atoms with Gasteiger partial charge in [-0.25, -0.2) is 4.98 Å². The van der Waals surface area contributed by atoms with Crippen LogP contribution in [0.4, 0.5) is 0 Å². The number of benzene rings is 1. The van der Waals surface area contributed by atoms with E-state index < -0.39 is 0 Å². The van der Waals surface area contributed by atoms with Crippen molar-refractivity contribution in [3.8, 4) is 0 Å². The molecule has 0 amide bonds. The lowest BCUT2D eigenvalue weighted by atomic mass is 10.1. The van der Waals surface area contributed by atoms with E-state index in [0.29, 0.717) is 22.4 Å². The van der Waals surface area contributed by atoms with E-state index in [-0.39, 0.29) is 16.6 Å². The molecule has 0 radical (unpaired) electrons. The summed E-state index contributed by atoms with van der Waals surface area (Å²) in [4.78, 5) is 16.3. The first-order valence-corrected chi connectivity index (χ1v) is 7.23. The maximum atomic E-state index is 12.1. The molecule has 0 fully saturated rings. The van der Waals surface area contributed by atoms with Gasteiger partial charge in [0, 0.05) is 12.0 Å². The maximum Gasteiger partial charge on any atom is 0.255 e. The summed E-state index contributed by atoms with van der Waals surface area (Å²) in [5.74, 6) is 0.734. The Kier molecular flexibility index (Phi) is 4.74. The van der Waals surface area contributed by atoms with Gasteiger partial charge in [-0.2, -0.15) is 0 Å². The maximum absolute atomic E-state index is 12.1. The zero-order chi connectivity index (χ0) is 14.9. The van der Waals surface area contributed by atoms with Gasteiger partial charge in [-0.05, 0) is 17.7 Å². The van der Waals surface area contributed by atoms with E-state index in [2.05, 4.69) is 4.98 Å².